The maximum Gasteiger partial charge on any atom is 0.333 e. The summed E-state index contributed by atoms with van der Waals surface area (Å²) >= 11 is 3.52. The van der Waals surface area contributed by atoms with E-state index in [1.807, 2.05) is 62.4 Å². The van der Waals surface area contributed by atoms with Crippen LogP contribution in [0.25, 0.3) is 17.1 Å². The molecule has 274 valence electrons. The average molecular weight is 781 g/mol. The van der Waals surface area contributed by atoms with Gasteiger partial charge in [-0.15, -0.1) is 0 Å². The fourth-order valence-corrected chi connectivity index (χ4v) is 7.17. The van der Waals surface area contributed by atoms with Crippen molar-refractivity contribution in [2.24, 2.45) is 0 Å². The number of halogens is 1. The quantitative estimate of drug-likeness (QED) is 0.204. The highest BCUT2D eigenvalue weighted by Crippen LogP contribution is 2.27. The lowest BCUT2D eigenvalue weighted by atomic mass is 10.1. The number of hydrogen-bond donors (Lipinski definition) is 1. The summed E-state index contributed by atoms with van der Waals surface area (Å²) in [5, 5.41) is 3.06. The van der Waals surface area contributed by atoms with Gasteiger partial charge in [-0.3, -0.25) is 23.6 Å². The monoisotopic (exact) mass is 779 g/mol. The number of ether oxygens (including phenoxy) is 2. The molecule has 53 heavy (non-hydrogen) atoms. The van der Waals surface area contributed by atoms with Crippen molar-refractivity contribution in [2.45, 2.75) is 52.5 Å². The number of nitrogens with zero attached hydrogens (tertiary/aromatic N) is 6. The van der Waals surface area contributed by atoms with Gasteiger partial charge in [-0.1, -0.05) is 40.2 Å². The Hall–Kier alpha value is -5.11. The molecule has 3 aromatic carbocycles. The SMILES string of the molecule is Cc1cc(C(=O)N2Cc3c(C(=O)NCc4ccccc4-c4ncccn4)n(-c4ccc(OC[C@@H](C)N5CCOCC5)cc4)c(=O)n3C[C@H]2C)ccc1Br. The molecule has 0 radical (unpaired) electrons. The summed E-state index contributed by atoms with van der Waals surface area (Å²) in [5.41, 5.74) is 3.89. The zero-order valence-corrected chi connectivity index (χ0v) is 31.6. The average Bonchev–Trinajstić information content (AvgIpc) is 3.47. The summed E-state index contributed by atoms with van der Waals surface area (Å²) in [6.45, 7) is 10.1. The maximum absolute atomic E-state index is 14.4. The Bertz CT molecular complexity index is 2160. The van der Waals surface area contributed by atoms with Gasteiger partial charge in [-0.25, -0.2) is 14.8 Å². The number of hydrogen-bond acceptors (Lipinski definition) is 8. The Kier molecular flexibility index (Phi) is 10.9. The minimum atomic E-state index is -0.444. The molecule has 2 atom stereocenters. The first-order valence-corrected chi connectivity index (χ1v) is 18.6. The van der Waals surface area contributed by atoms with E-state index in [-0.39, 0.29) is 49.0 Å². The molecule has 0 unspecified atom stereocenters. The van der Waals surface area contributed by atoms with Crippen molar-refractivity contribution in [1.82, 2.24) is 34.2 Å². The van der Waals surface area contributed by atoms with Crippen LogP contribution in [0.3, 0.4) is 0 Å². The summed E-state index contributed by atoms with van der Waals surface area (Å²) in [6.07, 6.45) is 3.35. The molecule has 2 aromatic heterocycles. The minimum absolute atomic E-state index is 0.0785. The number of rotatable bonds is 10. The van der Waals surface area contributed by atoms with E-state index in [4.69, 9.17) is 9.47 Å². The van der Waals surface area contributed by atoms with Gasteiger partial charge < -0.3 is 19.7 Å². The molecule has 12 nitrogen and oxygen atoms in total. The van der Waals surface area contributed by atoms with Gasteiger partial charge in [-0.2, -0.15) is 0 Å². The summed E-state index contributed by atoms with van der Waals surface area (Å²) in [4.78, 5) is 55.5. The van der Waals surface area contributed by atoms with Crippen molar-refractivity contribution < 1.29 is 19.1 Å². The number of fused-ring (bicyclic) bond motifs is 1. The molecular weight excluding hydrogens is 738 g/mol. The van der Waals surface area contributed by atoms with E-state index >= 15 is 0 Å². The molecule has 0 aliphatic carbocycles. The van der Waals surface area contributed by atoms with Crippen molar-refractivity contribution in [1.29, 1.82) is 0 Å². The van der Waals surface area contributed by atoms with Gasteiger partial charge in [0.25, 0.3) is 11.8 Å². The van der Waals surface area contributed by atoms with Crippen LogP contribution in [0.2, 0.25) is 0 Å². The Morgan fingerprint density at radius 3 is 2.49 bits per heavy atom. The van der Waals surface area contributed by atoms with E-state index in [2.05, 4.69) is 43.0 Å². The van der Waals surface area contributed by atoms with Crippen molar-refractivity contribution >= 4 is 27.7 Å². The number of aromatic nitrogens is 4. The van der Waals surface area contributed by atoms with Gasteiger partial charge in [0, 0.05) is 66.3 Å². The van der Waals surface area contributed by atoms with Crippen molar-refractivity contribution in [3.05, 3.63) is 128 Å². The van der Waals surface area contributed by atoms with Gasteiger partial charge in [0.1, 0.15) is 18.1 Å². The smallest absolute Gasteiger partial charge is 0.333 e. The zero-order chi connectivity index (χ0) is 37.1. The lowest BCUT2D eigenvalue weighted by molar-refractivity contribution is 0.0105. The molecular formula is C40H42BrN7O5. The van der Waals surface area contributed by atoms with Crippen LogP contribution in [0.1, 0.15) is 51.5 Å². The van der Waals surface area contributed by atoms with Crippen LogP contribution in [0.15, 0.2) is 94.5 Å². The molecule has 2 amide bonds. The number of morpholine rings is 1. The number of benzene rings is 3. The van der Waals surface area contributed by atoms with Crippen LogP contribution in [0.4, 0.5) is 0 Å². The van der Waals surface area contributed by atoms with Crippen LogP contribution in [0.5, 0.6) is 5.75 Å². The summed E-state index contributed by atoms with van der Waals surface area (Å²) in [7, 11) is 0. The number of nitrogens with one attached hydrogen (secondary N) is 1. The second-order valence-corrected chi connectivity index (χ2v) is 14.3. The van der Waals surface area contributed by atoms with E-state index in [0.717, 1.165) is 34.3 Å². The molecule has 7 rings (SSSR count). The van der Waals surface area contributed by atoms with Crippen LogP contribution in [-0.4, -0.2) is 85.7 Å². The summed E-state index contributed by atoms with van der Waals surface area (Å²) in [5.74, 6) is 0.589. The third-order valence-corrected chi connectivity index (χ3v) is 10.8. The molecule has 13 heteroatoms. The first-order chi connectivity index (χ1) is 25.7. The molecule has 4 heterocycles. The standard InChI is InChI=1S/C40H42BrN7O5/c1-26-21-29(9-14-34(26)41)39(50)46-24-35-36(38(49)44-22-30-7-4-5-8-33(30)37-42-15-6-16-43-37)48(40(51)47(35)23-27(46)2)31-10-12-32(13-11-31)53-25-28(3)45-17-19-52-20-18-45/h4-16,21,27-28H,17-20,22-25H2,1-3H3,(H,44,49)/t27-,28-/m1/s1. The zero-order valence-electron chi connectivity index (χ0n) is 30.0. The highest BCUT2D eigenvalue weighted by molar-refractivity contribution is 9.10. The van der Waals surface area contributed by atoms with E-state index in [0.29, 0.717) is 48.3 Å². The van der Waals surface area contributed by atoms with E-state index < -0.39 is 5.91 Å². The second-order valence-electron chi connectivity index (χ2n) is 13.5. The number of imidazole rings is 1. The van der Waals surface area contributed by atoms with Crippen molar-refractivity contribution in [2.75, 3.05) is 32.9 Å². The minimum Gasteiger partial charge on any atom is -0.492 e. The van der Waals surface area contributed by atoms with E-state index in [9.17, 15) is 14.4 Å². The first-order valence-electron chi connectivity index (χ1n) is 17.8. The second kappa shape index (κ2) is 15.9. The molecule has 1 N–H and O–H groups in total. The van der Waals surface area contributed by atoms with Gasteiger partial charge >= 0.3 is 5.69 Å². The van der Waals surface area contributed by atoms with Gasteiger partial charge in [-0.05, 0) is 80.4 Å². The van der Waals surface area contributed by atoms with Gasteiger partial charge in [0.2, 0.25) is 0 Å². The van der Waals surface area contributed by atoms with Crippen molar-refractivity contribution in [3.8, 4) is 22.8 Å². The number of carbonyl (C=O) groups excluding carboxylic acids is 2. The summed E-state index contributed by atoms with van der Waals surface area (Å²) < 4.78 is 15.6. The van der Waals surface area contributed by atoms with Gasteiger partial charge in [0.15, 0.2) is 5.82 Å². The molecule has 0 saturated carbocycles. The fraction of sp³-hybridized carbons (Fsp3) is 0.325. The molecule has 5 aromatic rings. The third kappa shape index (κ3) is 7.68. The van der Waals surface area contributed by atoms with E-state index in [1.165, 1.54) is 4.57 Å². The third-order valence-electron chi connectivity index (χ3n) is 9.94. The Morgan fingerprint density at radius 2 is 1.75 bits per heavy atom. The summed E-state index contributed by atoms with van der Waals surface area (Å²) in [6, 6.07) is 22.0. The topological polar surface area (TPSA) is 124 Å². The van der Waals surface area contributed by atoms with E-state index in [1.54, 1.807) is 46.1 Å². The largest absolute Gasteiger partial charge is 0.492 e. The molecule has 2 aliphatic heterocycles. The highest BCUT2D eigenvalue weighted by atomic mass is 79.9. The maximum atomic E-state index is 14.4. The normalized spacial score (nSPS) is 16.5. The van der Waals surface area contributed by atoms with Crippen molar-refractivity contribution in [3.63, 3.8) is 0 Å². The predicted octanol–water partition coefficient (Wildman–Crippen LogP) is 5.24. The predicted molar refractivity (Wildman–Crippen MR) is 204 cm³/mol. The van der Waals surface area contributed by atoms with Crippen LogP contribution in [0, 0.1) is 6.92 Å². The van der Waals surface area contributed by atoms with Crippen LogP contribution in [-0.2, 0) is 24.4 Å². The fourth-order valence-electron chi connectivity index (χ4n) is 6.93. The Morgan fingerprint density at radius 1 is 1.02 bits per heavy atom. The number of amides is 2. The molecule has 1 fully saturated rings. The molecule has 0 spiro atoms. The molecule has 2 aliphatic rings. The highest BCUT2D eigenvalue weighted by Gasteiger charge is 2.35. The lowest BCUT2D eigenvalue weighted by Gasteiger charge is -2.34. The van der Waals surface area contributed by atoms with Crippen LogP contribution < -0.4 is 15.7 Å². The Labute approximate surface area is 316 Å². The molecule has 1 saturated heterocycles. The number of aryl methyl sites for hydroxylation is 1. The number of carbonyl (C=O) groups is 2. The van der Waals surface area contributed by atoms with Crippen LogP contribution >= 0.6 is 15.9 Å². The Balaban J connectivity index is 1.21. The van der Waals surface area contributed by atoms with Gasteiger partial charge in [0.05, 0.1) is 31.1 Å². The molecule has 0 bridgehead atoms. The lowest BCUT2D eigenvalue weighted by Crippen LogP contribution is -2.47. The first kappa shape index (κ1) is 36.3.